The van der Waals surface area contributed by atoms with E-state index in [9.17, 15) is 0 Å². The first kappa shape index (κ1) is 14.9. The monoisotopic (exact) mass is 346 g/mol. The van der Waals surface area contributed by atoms with E-state index < -0.39 is 0 Å². The quantitative estimate of drug-likeness (QED) is 0.427. The van der Waals surface area contributed by atoms with Gasteiger partial charge in [-0.1, -0.05) is 6.07 Å². The van der Waals surface area contributed by atoms with Crippen LogP contribution in [0.2, 0.25) is 0 Å². The summed E-state index contributed by atoms with van der Waals surface area (Å²) >= 11 is 0. The van der Waals surface area contributed by atoms with E-state index >= 15 is 0 Å². The zero-order valence-electron chi connectivity index (χ0n) is 14.0. The molecule has 4 aromatic rings. The molecule has 0 spiro atoms. The molecule has 1 saturated carbocycles. The van der Waals surface area contributed by atoms with E-state index in [0.29, 0.717) is 24.2 Å². The van der Waals surface area contributed by atoms with Crippen LogP contribution in [0, 0.1) is 0 Å². The lowest BCUT2D eigenvalue weighted by Crippen LogP contribution is -2.05. The van der Waals surface area contributed by atoms with Gasteiger partial charge in [0, 0.05) is 35.8 Å². The Morgan fingerprint density at radius 2 is 2.04 bits per heavy atom. The van der Waals surface area contributed by atoms with Crippen molar-refractivity contribution in [3.05, 3.63) is 54.0 Å². The van der Waals surface area contributed by atoms with Crippen LogP contribution >= 0.6 is 0 Å². The zero-order valence-corrected chi connectivity index (χ0v) is 14.0. The molecule has 1 fully saturated rings. The molecule has 8 heteroatoms. The lowest BCUT2D eigenvalue weighted by molar-refractivity contribution is 0.966. The molecule has 0 aliphatic heterocycles. The highest BCUT2D eigenvalue weighted by Crippen LogP contribution is 2.39. The maximum atomic E-state index is 4.50. The zero-order chi connectivity index (χ0) is 17.3. The van der Waals surface area contributed by atoms with E-state index in [0.717, 1.165) is 22.3 Å². The molecule has 1 aromatic carbocycles. The average molecular weight is 346 g/mol. The molecule has 130 valence electrons. The second kappa shape index (κ2) is 6.14. The fourth-order valence-electron chi connectivity index (χ4n) is 2.93. The highest BCUT2D eigenvalue weighted by Gasteiger charge is 2.25. The minimum absolute atomic E-state index is 0.570. The lowest BCUT2D eigenvalue weighted by atomic mass is 10.1. The van der Waals surface area contributed by atoms with Crippen LogP contribution in [0.5, 0.6) is 0 Å². The smallest absolute Gasteiger partial charge is 0.224 e. The Morgan fingerprint density at radius 3 is 2.96 bits per heavy atom. The predicted octanol–water partition coefficient (Wildman–Crippen LogP) is 3.31. The molecule has 0 amide bonds. The average Bonchev–Trinajstić information content (AvgIpc) is 3.23. The molecule has 0 radical (unpaired) electrons. The molecule has 0 saturated heterocycles. The molecule has 0 unspecified atom stereocenters. The summed E-state index contributed by atoms with van der Waals surface area (Å²) in [5, 5.41) is 21.9. The molecular weight excluding hydrogens is 328 g/mol. The van der Waals surface area contributed by atoms with Crippen molar-refractivity contribution < 1.29 is 0 Å². The van der Waals surface area contributed by atoms with Gasteiger partial charge < -0.3 is 10.6 Å². The number of nitrogens with one attached hydrogen (secondary N) is 4. The molecule has 1 aliphatic carbocycles. The Balaban J connectivity index is 1.26. The van der Waals surface area contributed by atoms with Crippen LogP contribution in [0.15, 0.2) is 42.7 Å². The van der Waals surface area contributed by atoms with Crippen LogP contribution < -0.4 is 10.6 Å². The van der Waals surface area contributed by atoms with Gasteiger partial charge in [-0.25, -0.2) is 4.98 Å². The second-order valence-electron chi connectivity index (χ2n) is 6.52. The number of benzene rings is 1. The summed E-state index contributed by atoms with van der Waals surface area (Å²) in [7, 11) is 0. The number of hydrogen-bond acceptors (Lipinski definition) is 6. The van der Waals surface area contributed by atoms with Crippen LogP contribution in [0.1, 0.15) is 30.0 Å². The number of H-pyrrole nitrogens is 2. The van der Waals surface area contributed by atoms with E-state index in [4.69, 9.17) is 0 Å². The number of rotatable bonds is 6. The highest BCUT2D eigenvalue weighted by atomic mass is 15.2. The van der Waals surface area contributed by atoms with Crippen LogP contribution in [-0.4, -0.2) is 30.4 Å². The van der Waals surface area contributed by atoms with Gasteiger partial charge in [0.1, 0.15) is 5.82 Å². The van der Waals surface area contributed by atoms with E-state index in [-0.39, 0.29) is 0 Å². The summed E-state index contributed by atoms with van der Waals surface area (Å²) in [6, 6.07) is 10.0. The first-order valence-corrected chi connectivity index (χ1v) is 8.65. The summed E-state index contributed by atoms with van der Waals surface area (Å²) in [6.45, 7) is 0.638. The number of hydrogen-bond donors (Lipinski definition) is 4. The van der Waals surface area contributed by atoms with Gasteiger partial charge in [-0.05, 0) is 36.6 Å². The van der Waals surface area contributed by atoms with Crippen LogP contribution in [0.4, 0.5) is 17.6 Å². The van der Waals surface area contributed by atoms with Gasteiger partial charge in [0.15, 0.2) is 5.82 Å². The number of aromatic nitrogens is 6. The van der Waals surface area contributed by atoms with Gasteiger partial charge in [0.2, 0.25) is 5.95 Å². The van der Waals surface area contributed by atoms with Crippen LogP contribution in [0.25, 0.3) is 10.9 Å². The summed E-state index contributed by atoms with van der Waals surface area (Å²) < 4.78 is 0. The predicted molar refractivity (Wildman–Crippen MR) is 99.3 cm³/mol. The lowest BCUT2D eigenvalue weighted by Gasteiger charge is -2.07. The summed E-state index contributed by atoms with van der Waals surface area (Å²) in [6.07, 6.45) is 6.03. The third-order valence-electron chi connectivity index (χ3n) is 4.48. The van der Waals surface area contributed by atoms with E-state index in [1.54, 1.807) is 6.20 Å². The standard InChI is InChI=1S/C18H18N8/c1-4-14-13(10-21-24-14)7-11(1)9-20-18-19-6-5-16(23-18)22-17-8-15(25-26-17)12-2-3-12/h1,4-8,10,12H,2-3,9H2,(H,21,24)(H3,19,20,22,23,25,26). The van der Waals surface area contributed by atoms with Gasteiger partial charge in [-0.3, -0.25) is 10.2 Å². The van der Waals surface area contributed by atoms with Crippen molar-refractivity contribution in [2.75, 3.05) is 10.6 Å². The van der Waals surface area contributed by atoms with Crippen molar-refractivity contribution in [2.24, 2.45) is 0 Å². The van der Waals surface area contributed by atoms with Crippen LogP contribution in [-0.2, 0) is 6.54 Å². The molecule has 26 heavy (non-hydrogen) atoms. The summed E-state index contributed by atoms with van der Waals surface area (Å²) in [4.78, 5) is 8.78. The SMILES string of the molecule is c1cc(Nc2cc(C3CC3)[nH]n2)nc(NCc2ccc3[nH]ncc3c2)n1. The first-order valence-electron chi connectivity index (χ1n) is 8.65. The molecule has 5 rings (SSSR count). The van der Waals surface area contributed by atoms with Gasteiger partial charge in [0.25, 0.3) is 0 Å². The summed E-state index contributed by atoms with van der Waals surface area (Å²) in [5.74, 6) is 2.71. The Bertz CT molecular complexity index is 1050. The highest BCUT2D eigenvalue weighted by molar-refractivity contribution is 5.78. The van der Waals surface area contributed by atoms with Crippen molar-refractivity contribution in [2.45, 2.75) is 25.3 Å². The molecular formula is C18H18N8. The number of aromatic amines is 2. The van der Waals surface area contributed by atoms with Gasteiger partial charge in [-0.15, -0.1) is 0 Å². The third kappa shape index (κ3) is 3.08. The Hall–Kier alpha value is -3.42. The van der Waals surface area contributed by atoms with Crippen molar-refractivity contribution in [3.63, 3.8) is 0 Å². The Labute approximate surface area is 149 Å². The van der Waals surface area contributed by atoms with E-state index in [1.165, 1.54) is 18.5 Å². The van der Waals surface area contributed by atoms with Gasteiger partial charge in [-0.2, -0.15) is 15.2 Å². The van der Waals surface area contributed by atoms with Gasteiger partial charge >= 0.3 is 0 Å². The maximum absolute atomic E-state index is 4.50. The maximum Gasteiger partial charge on any atom is 0.224 e. The molecule has 0 atom stereocenters. The topological polar surface area (TPSA) is 107 Å². The van der Waals surface area contributed by atoms with Crippen molar-refractivity contribution in [3.8, 4) is 0 Å². The molecule has 3 heterocycles. The molecule has 0 bridgehead atoms. The number of nitrogens with zero attached hydrogens (tertiary/aromatic N) is 4. The van der Waals surface area contributed by atoms with Crippen molar-refractivity contribution in [1.29, 1.82) is 0 Å². The largest absolute Gasteiger partial charge is 0.350 e. The molecule has 4 N–H and O–H groups in total. The van der Waals surface area contributed by atoms with Gasteiger partial charge in [0.05, 0.1) is 11.7 Å². The fraction of sp³-hybridized carbons (Fsp3) is 0.222. The first-order chi connectivity index (χ1) is 12.8. The van der Waals surface area contributed by atoms with Crippen LogP contribution in [0.3, 0.4) is 0 Å². The molecule has 8 nitrogen and oxygen atoms in total. The normalized spacial score (nSPS) is 13.8. The van der Waals surface area contributed by atoms with Crippen molar-refractivity contribution >= 4 is 28.5 Å². The number of anilines is 3. The minimum Gasteiger partial charge on any atom is -0.350 e. The van der Waals surface area contributed by atoms with Crippen molar-refractivity contribution in [1.82, 2.24) is 30.4 Å². The molecule has 3 aromatic heterocycles. The fourth-order valence-corrected chi connectivity index (χ4v) is 2.93. The Morgan fingerprint density at radius 1 is 1.08 bits per heavy atom. The second-order valence-corrected chi connectivity index (χ2v) is 6.52. The third-order valence-corrected chi connectivity index (χ3v) is 4.48. The van der Waals surface area contributed by atoms with E-state index in [1.807, 2.05) is 24.4 Å². The minimum atomic E-state index is 0.570. The number of fused-ring (bicyclic) bond motifs is 1. The summed E-state index contributed by atoms with van der Waals surface area (Å²) in [5.41, 5.74) is 3.36. The Kier molecular flexibility index (Phi) is 3.52. The van der Waals surface area contributed by atoms with E-state index in [2.05, 4.69) is 53.1 Å². The molecule has 1 aliphatic rings.